The number of hydrogen-bond acceptors (Lipinski definition) is 2. The molecular formula is C13H10BrF3OS. The Kier molecular flexibility index (Phi) is 4.03. The Morgan fingerprint density at radius 1 is 1.21 bits per heavy atom. The molecule has 1 nitrogen and oxygen atoms in total. The molecule has 2 aromatic rings. The van der Waals surface area contributed by atoms with E-state index < -0.39 is 17.8 Å². The van der Waals surface area contributed by atoms with Gasteiger partial charge in [0.05, 0.1) is 5.56 Å². The van der Waals surface area contributed by atoms with Gasteiger partial charge in [-0.3, -0.25) is 0 Å². The fourth-order valence-electron chi connectivity index (χ4n) is 1.73. The largest absolute Gasteiger partial charge is 0.417 e. The van der Waals surface area contributed by atoms with E-state index >= 15 is 0 Å². The maximum atomic E-state index is 12.8. The molecule has 0 spiro atoms. The number of halogens is 4. The average Bonchev–Trinajstić information content (AvgIpc) is 2.74. The molecule has 6 heteroatoms. The van der Waals surface area contributed by atoms with Gasteiger partial charge in [0.2, 0.25) is 0 Å². The van der Waals surface area contributed by atoms with E-state index in [0.717, 1.165) is 10.9 Å². The third-order valence-corrected chi connectivity index (χ3v) is 4.25. The van der Waals surface area contributed by atoms with E-state index in [1.54, 1.807) is 11.4 Å². The van der Waals surface area contributed by atoms with E-state index in [1.807, 2.05) is 6.92 Å². The lowest BCUT2D eigenvalue weighted by molar-refractivity contribution is -0.138. The highest BCUT2D eigenvalue weighted by Gasteiger charge is 2.33. The summed E-state index contributed by atoms with van der Waals surface area (Å²) in [6, 6.07) is 5.53. The van der Waals surface area contributed by atoms with Crippen LogP contribution in [-0.4, -0.2) is 5.11 Å². The fourth-order valence-corrected chi connectivity index (χ4v) is 2.92. The molecule has 1 unspecified atom stereocenters. The summed E-state index contributed by atoms with van der Waals surface area (Å²) in [5.41, 5.74) is 0.0577. The van der Waals surface area contributed by atoms with Gasteiger partial charge < -0.3 is 5.11 Å². The molecule has 0 bridgehead atoms. The second kappa shape index (κ2) is 5.26. The topological polar surface area (TPSA) is 20.2 Å². The monoisotopic (exact) mass is 350 g/mol. The number of aryl methyl sites for hydroxylation is 1. The van der Waals surface area contributed by atoms with Crippen LogP contribution in [0.4, 0.5) is 13.2 Å². The van der Waals surface area contributed by atoms with Crippen molar-refractivity contribution in [1.29, 1.82) is 0 Å². The van der Waals surface area contributed by atoms with Crippen molar-refractivity contribution >= 4 is 27.3 Å². The van der Waals surface area contributed by atoms with Crippen LogP contribution >= 0.6 is 27.3 Å². The van der Waals surface area contributed by atoms with Crippen molar-refractivity contribution < 1.29 is 18.3 Å². The molecule has 102 valence electrons. The lowest BCUT2D eigenvalue weighted by Gasteiger charge is -2.14. The Balaban J connectivity index is 2.41. The summed E-state index contributed by atoms with van der Waals surface area (Å²) in [6.45, 7) is 1.88. The average molecular weight is 351 g/mol. The zero-order valence-electron chi connectivity index (χ0n) is 9.83. The van der Waals surface area contributed by atoms with Crippen molar-refractivity contribution in [2.75, 3.05) is 0 Å². The molecule has 0 aliphatic heterocycles. The van der Waals surface area contributed by atoms with Gasteiger partial charge in [0.25, 0.3) is 0 Å². The second-order valence-corrected chi connectivity index (χ2v) is 6.10. The first-order valence-electron chi connectivity index (χ1n) is 5.39. The van der Waals surface area contributed by atoms with Crippen molar-refractivity contribution in [3.63, 3.8) is 0 Å². The van der Waals surface area contributed by atoms with Crippen LogP contribution in [0.3, 0.4) is 0 Å². The Hall–Kier alpha value is -0.850. The molecule has 1 N–H and O–H groups in total. The van der Waals surface area contributed by atoms with Crippen LogP contribution in [0.15, 0.2) is 34.1 Å². The Morgan fingerprint density at radius 3 is 2.42 bits per heavy atom. The van der Waals surface area contributed by atoms with Crippen LogP contribution in [0, 0.1) is 6.92 Å². The van der Waals surface area contributed by atoms with Gasteiger partial charge in [0.15, 0.2) is 0 Å². The summed E-state index contributed by atoms with van der Waals surface area (Å²) in [7, 11) is 0. The third kappa shape index (κ3) is 3.19. The van der Waals surface area contributed by atoms with E-state index in [9.17, 15) is 18.3 Å². The lowest BCUT2D eigenvalue weighted by atomic mass is 10.0. The molecule has 19 heavy (non-hydrogen) atoms. The molecule has 1 aromatic carbocycles. The van der Waals surface area contributed by atoms with Gasteiger partial charge in [0, 0.05) is 9.35 Å². The highest BCUT2D eigenvalue weighted by atomic mass is 79.9. The van der Waals surface area contributed by atoms with Crippen LogP contribution in [0.5, 0.6) is 0 Å². The number of alkyl halides is 3. The van der Waals surface area contributed by atoms with Gasteiger partial charge in [-0.2, -0.15) is 13.2 Å². The first kappa shape index (κ1) is 14.6. The zero-order valence-corrected chi connectivity index (χ0v) is 12.2. The number of rotatable bonds is 2. The Morgan fingerprint density at radius 2 is 1.89 bits per heavy atom. The summed E-state index contributed by atoms with van der Waals surface area (Å²) in [4.78, 5) is 1.00. The van der Waals surface area contributed by atoms with Crippen LogP contribution in [0.2, 0.25) is 0 Å². The number of thiophene rings is 1. The van der Waals surface area contributed by atoms with Gasteiger partial charge in [-0.15, -0.1) is 11.3 Å². The molecule has 0 radical (unpaired) electrons. The predicted octanol–water partition coefficient (Wildman–Crippen LogP) is 4.92. The van der Waals surface area contributed by atoms with E-state index in [-0.39, 0.29) is 10.0 Å². The van der Waals surface area contributed by atoms with Gasteiger partial charge in [-0.05, 0) is 41.6 Å². The minimum Gasteiger partial charge on any atom is -0.384 e. The zero-order chi connectivity index (χ0) is 14.2. The van der Waals surface area contributed by atoms with Crippen LogP contribution in [0.1, 0.15) is 27.7 Å². The highest BCUT2D eigenvalue weighted by molar-refractivity contribution is 9.10. The lowest BCUT2D eigenvalue weighted by Crippen LogP contribution is -2.08. The Labute approximate surface area is 120 Å². The second-order valence-electron chi connectivity index (χ2n) is 4.13. The Bertz CT molecular complexity index is 592. The van der Waals surface area contributed by atoms with Crippen LogP contribution < -0.4 is 0 Å². The van der Waals surface area contributed by atoms with Crippen molar-refractivity contribution in [3.8, 4) is 0 Å². The van der Waals surface area contributed by atoms with E-state index in [4.69, 9.17) is 0 Å². The van der Waals surface area contributed by atoms with Crippen molar-refractivity contribution in [1.82, 2.24) is 0 Å². The number of aliphatic hydroxyl groups excluding tert-OH is 1. The molecule has 2 rings (SSSR count). The van der Waals surface area contributed by atoms with Crippen molar-refractivity contribution in [3.05, 3.63) is 55.7 Å². The fraction of sp³-hybridized carbons (Fsp3) is 0.231. The molecule has 0 aliphatic carbocycles. The molecular weight excluding hydrogens is 341 g/mol. The van der Waals surface area contributed by atoms with Gasteiger partial charge >= 0.3 is 6.18 Å². The molecule has 0 saturated heterocycles. The standard InChI is InChI=1S/C13H10BrF3OS/c1-7-4-9(6-19-7)12(18)8-2-3-11(14)10(5-8)13(15,16)17/h2-6,12,18H,1H3. The van der Waals surface area contributed by atoms with Crippen LogP contribution in [0.25, 0.3) is 0 Å². The SMILES string of the molecule is Cc1cc(C(O)c2ccc(Br)c(C(F)(F)F)c2)cs1. The summed E-state index contributed by atoms with van der Waals surface area (Å²) in [6.07, 6.45) is -5.49. The van der Waals surface area contributed by atoms with E-state index in [2.05, 4.69) is 15.9 Å². The summed E-state index contributed by atoms with van der Waals surface area (Å²) in [5.74, 6) is 0. The molecule has 0 amide bonds. The number of hydrogen-bond donors (Lipinski definition) is 1. The maximum Gasteiger partial charge on any atom is 0.417 e. The third-order valence-electron chi connectivity index (χ3n) is 2.68. The quantitative estimate of drug-likeness (QED) is 0.814. The molecule has 0 aliphatic rings. The maximum absolute atomic E-state index is 12.8. The first-order chi connectivity index (χ1) is 8.79. The molecule has 0 fully saturated rings. The van der Waals surface area contributed by atoms with Crippen LogP contribution in [-0.2, 0) is 6.18 Å². The predicted molar refractivity (Wildman–Crippen MR) is 72.3 cm³/mol. The summed E-state index contributed by atoms with van der Waals surface area (Å²) in [5, 5.41) is 11.9. The highest BCUT2D eigenvalue weighted by Crippen LogP contribution is 2.37. The molecule has 1 aromatic heterocycles. The number of aliphatic hydroxyl groups is 1. The minimum atomic E-state index is -4.45. The molecule has 0 saturated carbocycles. The molecule has 1 heterocycles. The summed E-state index contributed by atoms with van der Waals surface area (Å²) < 4.78 is 38.3. The van der Waals surface area contributed by atoms with Gasteiger partial charge in [-0.1, -0.05) is 22.0 Å². The molecule has 1 atom stereocenters. The van der Waals surface area contributed by atoms with Crippen molar-refractivity contribution in [2.24, 2.45) is 0 Å². The van der Waals surface area contributed by atoms with Crippen molar-refractivity contribution in [2.45, 2.75) is 19.2 Å². The summed E-state index contributed by atoms with van der Waals surface area (Å²) >= 11 is 4.32. The normalized spacial score (nSPS) is 13.6. The number of benzene rings is 1. The minimum absolute atomic E-state index is 0.0301. The van der Waals surface area contributed by atoms with Gasteiger partial charge in [-0.25, -0.2) is 0 Å². The first-order valence-corrected chi connectivity index (χ1v) is 7.06. The van der Waals surface area contributed by atoms with E-state index in [0.29, 0.717) is 5.56 Å². The van der Waals surface area contributed by atoms with E-state index in [1.165, 1.54) is 23.5 Å². The smallest absolute Gasteiger partial charge is 0.384 e. The van der Waals surface area contributed by atoms with Gasteiger partial charge in [0.1, 0.15) is 6.10 Å².